The van der Waals surface area contributed by atoms with Crippen molar-refractivity contribution in [2.75, 3.05) is 11.9 Å². The Morgan fingerprint density at radius 2 is 1.78 bits per heavy atom. The van der Waals surface area contributed by atoms with Gasteiger partial charge >= 0.3 is 11.7 Å². The predicted molar refractivity (Wildman–Crippen MR) is 101 cm³/mol. The molecule has 1 aromatic heterocycles. The van der Waals surface area contributed by atoms with Gasteiger partial charge in [-0.15, -0.1) is 0 Å². The quantitative estimate of drug-likeness (QED) is 0.692. The summed E-state index contributed by atoms with van der Waals surface area (Å²) in [5.41, 5.74) is 2.62. The molecule has 138 valence electrons. The predicted octanol–water partition coefficient (Wildman–Crippen LogP) is 3.14. The highest BCUT2D eigenvalue weighted by atomic mass is 16.5. The lowest BCUT2D eigenvalue weighted by Crippen LogP contribution is -2.37. The van der Waals surface area contributed by atoms with Gasteiger partial charge in [0.1, 0.15) is 11.3 Å². The molecule has 0 saturated heterocycles. The topological polar surface area (TPSA) is 97.6 Å². The molecule has 27 heavy (non-hydrogen) atoms. The third kappa shape index (κ3) is 4.72. The molecule has 0 bridgehead atoms. The second-order valence-corrected chi connectivity index (χ2v) is 6.04. The number of benzene rings is 2. The average Bonchev–Trinajstić information content (AvgIpc) is 2.62. The maximum absolute atomic E-state index is 11.9. The summed E-state index contributed by atoms with van der Waals surface area (Å²) in [7, 11) is 0. The van der Waals surface area contributed by atoms with Crippen LogP contribution in [0.3, 0.4) is 0 Å². The summed E-state index contributed by atoms with van der Waals surface area (Å²) in [5, 5.41) is 5.52. The Balaban J connectivity index is 1.55. The van der Waals surface area contributed by atoms with Gasteiger partial charge in [0.25, 0.3) is 5.91 Å². The number of fused-ring (bicyclic) bond motifs is 1. The van der Waals surface area contributed by atoms with E-state index in [0.29, 0.717) is 17.0 Å². The van der Waals surface area contributed by atoms with Crippen LogP contribution in [0.5, 0.6) is 5.75 Å². The third-order valence-electron chi connectivity index (χ3n) is 3.98. The smallest absolute Gasteiger partial charge is 0.336 e. The van der Waals surface area contributed by atoms with E-state index in [9.17, 15) is 14.4 Å². The van der Waals surface area contributed by atoms with E-state index in [-0.39, 0.29) is 6.61 Å². The lowest BCUT2D eigenvalue weighted by Gasteiger charge is -2.09. The normalized spacial score (nSPS) is 10.4. The Labute approximate surface area is 154 Å². The van der Waals surface area contributed by atoms with Gasteiger partial charge in [-0.2, -0.15) is 0 Å². The van der Waals surface area contributed by atoms with Gasteiger partial charge in [0, 0.05) is 23.2 Å². The van der Waals surface area contributed by atoms with E-state index >= 15 is 0 Å². The van der Waals surface area contributed by atoms with Crippen LogP contribution in [0.4, 0.5) is 10.5 Å². The van der Waals surface area contributed by atoms with E-state index in [1.807, 2.05) is 26.0 Å². The summed E-state index contributed by atoms with van der Waals surface area (Å²) >= 11 is 0. The Bertz CT molecular complexity index is 1070. The highest BCUT2D eigenvalue weighted by Crippen LogP contribution is 2.19. The van der Waals surface area contributed by atoms with Gasteiger partial charge in [0.2, 0.25) is 0 Å². The zero-order chi connectivity index (χ0) is 19.4. The summed E-state index contributed by atoms with van der Waals surface area (Å²) in [6.45, 7) is 3.55. The standard InChI is InChI=1S/C20H18N2O5/c1-12-3-6-15(9-13(12)2)21-20(25)22-18(23)11-26-16-7-4-14-5-8-19(24)27-17(14)10-16/h3-10H,11H2,1-2H3,(H2,21,22,23,25). The van der Waals surface area contributed by atoms with E-state index in [1.165, 1.54) is 12.1 Å². The number of carbonyl (C=O) groups excluding carboxylic acids is 2. The first-order valence-electron chi connectivity index (χ1n) is 8.25. The van der Waals surface area contributed by atoms with Crippen LogP contribution < -0.4 is 21.0 Å². The Morgan fingerprint density at radius 1 is 1.00 bits per heavy atom. The molecule has 0 saturated carbocycles. The maximum atomic E-state index is 11.9. The number of rotatable bonds is 4. The van der Waals surface area contributed by atoms with Crippen molar-refractivity contribution in [1.29, 1.82) is 0 Å². The fourth-order valence-corrected chi connectivity index (χ4v) is 2.42. The minimum atomic E-state index is -0.642. The van der Waals surface area contributed by atoms with Gasteiger partial charge in [0.15, 0.2) is 6.61 Å². The molecular weight excluding hydrogens is 348 g/mol. The summed E-state index contributed by atoms with van der Waals surface area (Å²) in [5.74, 6) is -0.257. The average molecular weight is 366 g/mol. The van der Waals surface area contributed by atoms with Crippen molar-refractivity contribution in [3.8, 4) is 5.75 Å². The molecule has 0 radical (unpaired) electrons. The summed E-state index contributed by atoms with van der Waals surface area (Å²) in [4.78, 5) is 35.0. The van der Waals surface area contributed by atoms with E-state index in [0.717, 1.165) is 16.5 Å². The van der Waals surface area contributed by atoms with Crippen LogP contribution in [0.25, 0.3) is 11.0 Å². The second kappa shape index (κ2) is 7.74. The molecule has 0 unspecified atom stereocenters. The summed E-state index contributed by atoms with van der Waals surface area (Å²) < 4.78 is 10.4. The number of anilines is 1. The monoisotopic (exact) mass is 366 g/mol. The zero-order valence-corrected chi connectivity index (χ0v) is 14.9. The van der Waals surface area contributed by atoms with E-state index in [1.54, 1.807) is 24.3 Å². The van der Waals surface area contributed by atoms with Crippen molar-refractivity contribution >= 4 is 28.6 Å². The number of imide groups is 1. The van der Waals surface area contributed by atoms with Gasteiger partial charge in [-0.05, 0) is 55.3 Å². The highest BCUT2D eigenvalue weighted by Gasteiger charge is 2.10. The minimum Gasteiger partial charge on any atom is -0.484 e. The number of urea groups is 1. The number of ether oxygens (including phenoxy) is 1. The van der Waals surface area contributed by atoms with Crippen molar-refractivity contribution in [1.82, 2.24) is 5.32 Å². The second-order valence-electron chi connectivity index (χ2n) is 6.04. The van der Waals surface area contributed by atoms with Crippen molar-refractivity contribution < 1.29 is 18.7 Å². The number of aryl methyl sites for hydroxylation is 2. The molecule has 7 nitrogen and oxygen atoms in total. The van der Waals surface area contributed by atoms with Gasteiger partial charge in [-0.25, -0.2) is 9.59 Å². The van der Waals surface area contributed by atoms with Crippen molar-refractivity contribution in [3.63, 3.8) is 0 Å². The first-order valence-corrected chi connectivity index (χ1v) is 8.25. The van der Waals surface area contributed by atoms with Crippen LogP contribution in [0.1, 0.15) is 11.1 Å². The zero-order valence-electron chi connectivity index (χ0n) is 14.9. The molecule has 7 heteroatoms. The minimum absolute atomic E-state index is 0.349. The first kappa shape index (κ1) is 18.2. The molecule has 0 fully saturated rings. The molecule has 0 aliphatic carbocycles. The molecule has 3 aromatic rings. The van der Waals surface area contributed by atoms with Crippen LogP contribution in [-0.2, 0) is 4.79 Å². The largest absolute Gasteiger partial charge is 0.484 e. The van der Waals surface area contributed by atoms with E-state index in [4.69, 9.17) is 9.15 Å². The van der Waals surface area contributed by atoms with Crippen LogP contribution in [0, 0.1) is 13.8 Å². The lowest BCUT2D eigenvalue weighted by molar-refractivity contribution is -0.121. The number of hydrogen-bond acceptors (Lipinski definition) is 5. The Morgan fingerprint density at radius 3 is 2.56 bits per heavy atom. The number of carbonyl (C=O) groups is 2. The molecule has 3 amide bonds. The maximum Gasteiger partial charge on any atom is 0.336 e. The summed E-state index contributed by atoms with van der Waals surface area (Å²) in [6.07, 6.45) is 0. The van der Waals surface area contributed by atoms with Crippen LogP contribution in [0.2, 0.25) is 0 Å². The number of nitrogens with one attached hydrogen (secondary N) is 2. The fourth-order valence-electron chi connectivity index (χ4n) is 2.42. The van der Waals surface area contributed by atoms with Crippen LogP contribution >= 0.6 is 0 Å². The molecular formula is C20H18N2O5. The fraction of sp³-hybridized carbons (Fsp3) is 0.150. The van der Waals surface area contributed by atoms with Gasteiger partial charge in [-0.3, -0.25) is 10.1 Å². The number of amides is 3. The number of hydrogen-bond donors (Lipinski definition) is 2. The van der Waals surface area contributed by atoms with Crippen molar-refractivity contribution in [2.45, 2.75) is 13.8 Å². The van der Waals surface area contributed by atoms with E-state index in [2.05, 4.69) is 10.6 Å². The molecule has 0 aliphatic heterocycles. The highest BCUT2D eigenvalue weighted by molar-refractivity contribution is 6.01. The molecule has 1 heterocycles. The molecule has 0 aliphatic rings. The van der Waals surface area contributed by atoms with E-state index < -0.39 is 17.6 Å². The first-order chi connectivity index (χ1) is 12.9. The molecule has 0 spiro atoms. The van der Waals surface area contributed by atoms with Gasteiger partial charge in [-0.1, -0.05) is 6.07 Å². The molecule has 2 aromatic carbocycles. The molecule has 0 atom stereocenters. The molecule has 2 N–H and O–H groups in total. The Hall–Kier alpha value is -3.61. The SMILES string of the molecule is Cc1ccc(NC(=O)NC(=O)COc2ccc3ccc(=O)oc3c2)cc1C. The van der Waals surface area contributed by atoms with Crippen LogP contribution in [0.15, 0.2) is 57.7 Å². The summed E-state index contributed by atoms with van der Waals surface area (Å²) in [6, 6.07) is 12.6. The molecule has 3 rings (SSSR count). The van der Waals surface area contributed by atoms with Crippen LogP contribution in [-0.4, -0.2) is 18.5 Å². The van der Waals surface area contributed by atoms with Crippen molar-refractivity contribution in [3.05, 3.63) is 70.1 Å². The van der Waals surface area contributed by atoms with Gasteiger partial charge in [0.05, 0.1) is 0 Å². The van der Waals surface area contributed by atoms with Gasteiger partial charge < -0.3 is 14.5 Å². The van der Waals surface area contributed by atoms with Crippen molar-refractivity contribution in [2.24, 2.45) is 0 Å². The lowest BCUT2D eigenvalue weighted by atomic mass is 10.1. The third-order valence-corrected chi connectivity index (χ3v) is 3.98. The Kier molecular flexibility index (Phi) is 5.21.